The van der Waals surface area contributed by atoms with Gasteiger partial charge in [-0.3, -0.25) is 14.5 Å². The van der Waals surface area contributed by atoms with Crippen molar-refractivity contribution >= 4 is 44.0 Å². The lowest BCUT2D eigenvalue weighted by Crippen LogP contribution is -2.46. The largest absolute Gasteiger partial charge is 0.494 e. The number of unbranched alkanes of at least 4 members (excludes halogenated alkanes) is 17. The molecule has 0 amide bonds. The summed E-state index contributed by atoms with van der Waals surface area (Å²) in [5.74, 6) is 0.609. The number of piperazine rings is 1. The second-order valence-electron chi connectivity index (χ2n) is 16.0. The molecule has 1 fully saturated rings. The Balaban J connectivity index is 0.879. The second kappa shape index (κ2) is 25.8. The molecule has 2 aromatic carbocycles. The molecule has 7 nitrogen and oxygen atoms in total. The van der Waals surface area contributed by atoms with Gasteiger partial charge in [-0.05, 0) is 79.4 Å². The molecule has 308 valence electrons. The molecule has 5 rings (SSSR count). The molecule has 1 saturated heterocycles. The monoisotopic (exact) mass is 786 g/mol. The molecule has 0 aliphatic carbocycles. The quantitative estimate of drug-likeness (QED) is 0.0403. The number of aromatic nitrogens is 1. The van der Waals surface area contributed by atoms with Crippen LogP contribution in [-0.2, 0) is 16.1 Å². The highest BCUT2D eigenvalue weighted by molar-refractivity contribution is 7.17. The highest BCUT2D eigenvalue weighted by atomic mass is 32.1. The Morgan fingerprint density at radius 1 is 0.661 bits per heavy atom. The maximum atomic E-state index is 12.9. The molecule has 8 heteroatoms. The van der Waals surface area contributed by atoms with Gasteiger partial charge in [-0.1, -0.05) is 116 Å². The number of aryl methyl sites for hydroxylation is 1. The molecule has 1 aliphatic heterocycles. The van der Waals surface area contributed by atoms with E-state index in [1.165, 1.54) is 112 Å². The van der Waals surface area contributed by atoms with Crippen molar-refractivity contribution in [2.75, 3.05) is 50.8 Å². The van der Waals surface area contributed by atoms with Crippen LogP contribution in [0.15, 0.2) is 64.8 Å². The zero-order valence-corrected chi connectivity index (χ0v) is 35.5. The molecular formula is C48H71N3O4S. The second-order valence-corrected chi connectivity index (χ2v) is 17.0. The number of thiophene rings is 1. The molecular weight excluding hydrogens is 715 g/mol. The van der Waals surface area contributed by atoms with E-state index in [2.05, 4.69) is 46.4 Å². The van der Waals surface area contributed by atoms with Crippen molar-refractivity contribution < 1.29 is 14.3 Å². The van der Waals surface area contributed by atoms with E-state index in [4.69, 9.17) is 9.47 Å². The van der Waals surface area contributed by atoms with Crippen molar-refractivity contribution in [3.63, 3.8) is 0 Å². The zero-order valence-electron chi connectivity index (χ0n) is 34.7. The molecule has 0 bridgehead atoms. The van der Waals surface area contributed by atoms with Gasteiger partial charge in [0, 0.05) is 67.1 Å². The number of pyridine rings is 1. The fourth-order valence-electron chi connectivity index (χ4n) is 8.15. The van der Waals surface area contributed by atoms with Crippen molar-refractivity contribution in [1.82, 2.24) is 9.47 Å². The van der Waals surface area contributed by atoms with Gasteiger partial charge in [0.15, 0.2) is 0 Å². The molecule has 0 N–H and O–H groups in total. The minimum absolute atomic E-state index is 0.0568. The Bertz CT molecular complexity index is 1740. The van der Waals surface area contributed by atoms with Gasteiger partial charge in [0.1, 0.15) is 5.75 Å². The topological polar surface area (TPSA) is 64.0 Å². The molecule has 56 heavy (non-hydrogen) atoms. The lowest BCUT2D eigenvalue weighted by molar-refractivity contribution is -0.143. The van der Waals surface area contributed by atoms with E-state index in [0.29, 0.717) is 32.6 Å². The summed E-state index contributed by atoms with van der Waals surface area (Å²) < 4.78 is 14.8. The predicted molar refractivity (Wildman–Crippen MR) is 238 cm³/mol. The predicted octanol–water partition coefficient (Wildman–Crippen LogP) is 12.2. The van der Waals surface area contributed by atoms with Gasteiger partial charge >= 0.3 is 5.97 Å². The summed E-state index contributed by atoms with van der Waals surface area (Å²) in [6, 6.07) is 18.4. The number of benzene rings is 2. The number of nitrogens with zero attached hydrogens (tertiary/aromatic N) is 3. The van der Waals surface area contributed by atoms with Gasteiger partial charge in [0.05, 0.1) is 18.7 Å². The first-order chi connectivity index (χ1) is 27.6. The molecule has 1 aliphatic rings. The van der Waals surface area contributed by atoms with E-state index in [1.54, 1.807) is 10.6 Å². The van der Waals surface area contributed by atoms with Crippen LogP contribution in [0.25, 0.3) is 21.0 Å². The van der Waals surface area contributed by atoms with Crippen LogP contribution in [0, 0.1) is 0 Å². The average Bonchev–Trinajstić information content (AvgIpc) is 3.71. The highest BCUT2D eigenvalue weighted by Crippen LogP contribution is 2.31. The van der Waals surface area contributed by atoms with Crippen molar-refractivity contribution in [1.29, 1.82) is 0 Å². The van der Waals surface area contributed by atoms with Crippen molar-refractivity contribution in [3.8, 4) is 5.75 Å². The Kier molecular flexibility index (Phi) is 20.2. The normalized spacial score (nSPS) is 13.6. The van der Waals surface area contributed by atoms with Crippen molar-refractivity contribution in [3.05, 3.63) is 70.3 Å². The summed E-state index contributed by atoms with van der Waals surface area (Å²) in [6.45, 7) is 9.27. The molecule has 0 atom stereocenters. The van der Waals surface area contributed by atoms with Crippen LogP contribution in [-0.4, -0.2) is 61.4 Å². The first-order valence-electron chi connectivity index (χ1n) is 22.5. The van der Waals surface area contributed by atoms with E-state index < -0.39 is 0 Å². The van der Waals surface area contributed by atoms with Gasteiger partial charge in [-0.15, -0.1) is 11.3 Å². The maximum Gasteiger partial charge on any atom is 0.305 e. The van der Waals surface area contributed by atoms with Crippen molar-refractivity contribution in [2.24, 2.45) is 0 Å². The number of hydrogen-bond donors (Lipinski definition) is 0. The summed E-state index contributed by atoms with van der Waals surface area (Å²) in [6.07, 6.45) is 25.7. The lowest BCUT2D eigenvalue weighted by atomic mass is 10.0. The van der Waals surface area contributed by atoms with Gasteiger partial charge in [0.25, 0.3) is 5.56 Å². The van der Waals surface area contributed by atoms with Crippen LogP contribution in [0.2, 0.25) is 0 Å². The van der Waals surface area contributed by atoms with Crippen LogP contribution in [0.3, 0.4) is 0 Å². The number of hydrogen-bond acceptors (Lipinski definition) is 7. The van der Waals surface area contributed by atoms with E-state index in [1.807, 2.05) is 35.6 Å². The van der Waals surface area contributed by atoms with E-state index >= 15 is 0 Å². The van der Waals surface area contributed by atoms with E-state index in [-0.39, 0.29) is 11.5 Å². The van der Waals surface area contributed by atoms with Gasteiger partial charge in [-0.2, -0.15) is 0 Å². The maximum absolute atomic E-state index is 12.9. The first kappa shape index (κ1) is 43.8. The van der Waals surface area contributed by atoms with Crippen LogP contribution in [0.5, 0.6) is 5.75 Å². The number of anilines is 1. The zero-order chi connectivity index (χ0) is 39.0. The fourth-order valence-corrected chi connectivity index (χ4v) is 8.96. The van der Waals surface area contributed by atoms with Gasteiger partial charge < -0.3 is 18.9 Å². The minimum atomic E-state index is -0.170. The number of carbonyl (C=O) groups is 1. The van der Waals surface area contributed by atoms with E-state index in [9.17, 15) is 9.59 Å². The molecule has 4 aromatic rings. The SMILES string of the molecule is CCCCCCCCCCCCCCCCCCCOC(=O)CCCn1c(=O)ccc2ccc(OCCCCN3CCN(c4cccc5sccc45)CC3)cc21. The highest BCUT2D eigenvalue weighted by Gasteiger charge is 2.18. The van der Waals surface area contributed by atoms with Crippen LogP contribution < -0.4 is 15.2 Å². The summed E-state index contributed by atoms with van der Waals surface area (Å²) in [5.41, 5.74) is 2.16. The minimum Gasteiger partial charge on any atom is -0.494 e. The number of ether oxygens (including phenoxy) is 2. The Labute approximate surface area is 341 Å². The number of fused-ring (bicyclic) bond motifs is 2. The van der Waals surface area contributed by atoms with Crippen molar-refractivity contribution in [2.45, 2.75) is 148 Å². The van der Waals surface area contributed by atoms with Crippen LogP contribution in [0.1, 0.15) is 142 Å². The number of esters is 1. The molecule has 0 unspecified atom stereocenters. The molecule has 3 heterocycles. The molecule has 0 saturated carbocycles. The third kappa shape index (κ3) is 15.2. The Morgan fingerprint density at radius 3 is 2.00 bits per heavy atom. The summed E-state index contributed by atoms with van der Waals surface area (Å²) >= 11 is 1.81. The third-order valence-corrected chi connectivity index (χ3v) is 12.4. The smallest absolute Gasteiger partial charge is 0.305 e. The van der Waals surface area contributed by atoms with E-state index in [0.717, 1.165) is 75.1 Å². The van der Waals surface area contributed by atoms with Crippen LogP contribution >= 0.6 is 11.3 Å². The third-order valence-electron chi connectivity index (χ3n) is 11.6. The van der Waals surface area contributed by atoms with Gasteiger partial charge in [-0.25, -0.2) is 0 Å². The number of rotatable bonds is 29. The Hall–Kier alpha value is -3.36. The summed E-state index contributed by atoms with van der Waals surface area (Å²) in [7, 11) is 0. The Morgan fingerprint density at radius 2 is 1.30 bits per heavy atom. The molecule has 0 radical (unpaired) electrons. The molecule has 2 aromatic heterocycles. The lowest BCUT2D eigenvalue weighted by Gasteiger charge is -2.36. The number of carbonyl (C=O) groups excluding carboxylic acids is 1. The first-order valence-corrected chi connectivity index (χ1v) is 23.4. The standard InChI is InChI=1S/C48H71N3O4S/c1-2-3-4-5-6-7-8-9-10-11-12-13-14-15-16-17-19-38-55-48(53)25-22-32-51-45-40-42(28-26-41(45)27-29-47(51)52)54-37-20-18-31-49-33-35-50(36-34-49)44-23-21-24-46-43(44)30-39-56-46/h21,23-24,26-30,39-40H,2-20,22,25,31-38H2,1H3. The fraction of sp³-hybridized carbons (Fsp3) is 0.625. The summed E-state index contributed by atoms with van der Waals surface area (Å²) in [4.78, 5) is 30.4. The average molecular weight is 786 g/mol. The van der Waals surface area contributed by atoms with Gasteiger partial charge in [0.2, 0.25) is 0 Å². The molecule has 0 spiro atoms. The van der Waals surface area contributed by atoms with Crippen LogP contribution in [0.4, 0.5) is 5.69 Å². The summed E-state index contributed by atoms with van der Waals surface area (Å²) in [5, 5.41) is 4.56.